The molecule has 0 aliphatic carbocycles. The molecule has 0 N–H and O–H groups in total. The maximum atomic E-state index is 12.6. The lowest BCUT2D eigenvalue weighted by Gasteiger charge is -2.10. The van der Waals surface area contributed by atoms with E-state index in [2.05, 4.69) is 20.9 Å². The van der Waals surface area contributed by atoms with Crippen molar-refractivity contribution in [2.75, 3.05) is 7.11 Å². The fourth-order valence-corrected chi connectivity index (χ4v) is 3.00. The number of hydrogen-bond donors (Lipinski definition) is 0. The van der Waals surface area contributed by atoms with Crippen molar-refractivity contribution >= 4 is 32.9 Å². The van der Waals surface area contributed by atoms with Crippen molar-refractivity contribution in [1.29, 1.82) is 0 Å². The fraction of sp³-hybridized carbons (Fsp3) is 0.167. The van der Waals surface area contributed by atoms with Crippen molar-refractivity contribution in [3.8, 4) is 0 Å². The molecule has 0 atom stereocenters. The largest absolute Gasteiger partial charge is 0.465 e. The first-order chi connectivity index (χ1) is 11.5. The van der Waals surface area contributed by atoms with Crippen molar-refractivity contribution in [2.45, 2.75) is 6.42 Å². The van der Waals surface area contributed by atoms with Crippen molar-refractivity contribution in [1.82, 2.24) is 9.55 Å². The van der Waals surface area contributed by atoms with E-state index in [-0.39, 0.29) is 5.56 Å². The third kappa shape index (κ3) is 2.97. The number of aromatic nitrogens is 2. The zero-order chi connectivity index (χ0) is 17.3. The van der Waals surface area contributed by atoms with E-state index < -0.39 is 5.97 Å². The average molecular weight is 387 g/mol. The molecule has 0 fully saturated rings. The molecule has 122 valence electrons. The fourth-order valence-electron chi connectivity index (χ4n) is 2.57. The van der Waals surface area contributed by atoms with E-state index in [1.165, 1.54) is 7.11 Å². The summed E-state index contributed by atoms with van der Waals surface area (Å²) >= 11 is 3.49. The van der Waals surface area contributed by atoms with E-state index in [9.17, 15) is 9.59 Å². The van der Waals surface area contributed by atoms with Crippen LogP contribution in [0.4, 0.5) is 0 Å². The van der Waals surface area contributed by atoms with Gasteiger partial charge in [-0.1, -0.05) is 34.1 Å². The predicted molar refractivity (Wildman–Crippen MR) is 95.3 cm³/mol. The van der Waals surface area contributed by atoms with Crippen LogP contribution in [0.5, 0.6) is 0 Å². The summed E-state index contributed by atoms with van der Waals surface area (Å²) < 4.78 is 7.22. The van der Waals surface area contributed by atoms with Crippen LogP contribution in [-0.4, -0.2) is 22.6 Å². The Labute approximate surface area is 147 Å². The summed E-state index contributed by atoms with van der Waals surface area (Å²) in [4.78, 5) is 28.8. The number of ether oxygens (including phenoxy) is 1. The molecule has 0 saturated heterocycles. The van der Waals surface area contributed by atoms with Crippen LogP contribution >= 0.6 is 15.9 Å². The molecular weight excluding hydrogens is 372 g/mol. The first-order valence-corrected chi connectivity index (χ1v) is 8.12. The van der Waals surface area contributed by atoms with Gasteiger partial charge in [-0.15, -0.1) is 0 Å². The van der Waals surface area contributed by atoms with Crippen LogP contribution in [0.15, 0.2) is 51.7 Å². The number of methoxy groups -OCH3 is 1. The Morgan fingerprint density at radius 1 is 1.25 bits per heavy atom. The van der Waals surface area contributed by atoms with Crippen molar-refractivity contribution in [2.24, 2.45) is 7.05 Å². The topological polar surface area (TPSA) is 61.2 Å². The molecule has 6 heteroatoms. The summed E-state index contributed by atoms with van der Waals surface area (Å²) in [5.74, 6) is -0.431. The zero-order valence-electron chi connectivity index (χ0n) is 13.2. The van der Waals surface area contributed by atoms with Gasteiger partial charge in [0.25, 0.3) is 5.56 Å². The molecular formula is C18H15BrN2O3. The Morgan fingerprint density at radius 3 is 2.71 bits per heavy atom. The molecule has 0 amide bonds. The minimum Gasteiger partial charge on any atom is -0.465 e. The smallest absolute Gasteiger partial charge is 0.337 e. The maximum Gasteiger partial charge on any atom is 0.337 e. The molecule has 2 aromatic carbocycles. The number of rotatable bonds is 3. The Balaban J connectivity index is 2.14. The highest BCUT2D eigenvalue weighted by molar-refractivity contribution is 9.10. The van der Waals surface area contributed by atoms with Crippen LogP contribution in [0, 0.1) is 0 Å². The highest BCUT2D eigenvalue weighted by Crippen LogP contribution is 2.19. The van der Waals surface area contributed by atoms with E-state index in [0.717, 1.165) is 10.0 Å². The molecule has 3 aromatic rings. The molecule has 0 spiro atoms. The number of carbonyl (C=O) groups excluding carboxylic acids is 1. The summed E-state index contributed by atoms with van der Waals surface area (Å²) in [5.41, 5.74) is 2.92. The number of nitrogens with zero attached hydrogens (tertiary/aromatic N) is 2. The van der Waals surface area contributed by atoms with Gasteiger partial charge >= 0.3 is 5.97 Å². The van der Waals surface area contributed by atoms with E-state index in [0.29, 0.717) is 28.7 Å². The van der Waals surface area contributed by atoms with E-state index >= 15 is 0 Å². The Kier molecular flexibility index (Phi) is 4.49. The number of aryl methyl sites for hydroxylation is 1. The Hall–Kier alpha value is -2.47. The molecule has 1 heterocycles. The first-order valence-electron chi connectivity index (χ1n) is 7.32. The van der Waals surface area contributed by atoms with Crippen LogP contribution < -0.4 is 5.56 Å². The lowest BCUT2D eigenvalue weighted by molar-refractivity contribution is 0.0601. The molecule has 0 aliphatic heterocycles. The predicted octanol–water partition coefficient (Wildman–Crippen LogP) is 3.07. The van der Waals surface area contributed by atoms with Crippen LogP contribution in [0.25, 0.3) is 11.0 Å². The second kappa shape index (κ2) is 6.57. The Bertz CT molecular complexity index is 995. The quantitative estimate of drug-likeness (QED) is 0.649. The summed E-state index contributed by atoms with van der Waals surface area (Å²) in [6, 6.07) is 12.7. The second-order valence-corrected chi connectivity index (χ2v) is 6.24. The summed E-state index contributed by atoms with van der Waals surface area (Å²) in [6.07, 6.45) is 0.409. The molecule has 0 aliphatic rings. The van der Waals surface area contributed by atoms with Gasteiger partial charge in [0.2, 0.25) is 0 Å². The molecule has 0 unspecified atom stereocenters. The van der Waals surface area contributed by atoms with Crippen molar-refractivity contribution in [3.05, 3.63) is 74.1 Å². The van der Waals surface area contributed by atoms with Crippen molar-refractivity contribution in [3.63, 3.8) is 0 Å². The first kappa shape index (κ1) is 16.4. The van der Waals surface area contributed by atoms with Gasteiger partial charge in [-0.3, -0.25) is 4.79 Å². The number of benzene rings is 2. The number of esters is 1. The van der Waals surface area contributed by atoms with Gasteiger partial charge in [-0.25, -0.2) is 9.78 Å². The number of fused-ring (bicyclic) bond motifs is 1. The van der Waals surface area contributed by atoms with E-state index in [4.69, 9.17) is 4.74 Å². The van der Waals surface area contributed by atoms with Gasteiger partial charge in [0.1, 0.15) is 5.69 Å². The number of hydrogen-bond acceptors (Lipinski definition) is 4. The molecule has 5 nitrogen and oxygen atoms in total. The number of halogens is 1. The lowest BCUT2D eigenvalue weighted by atomic mass is 10.1. The minimum absolute atomic E-state index is 0.149. The normalized spacial score (nSPS) is 10.8. The zero-order valence-corrected chi connectivity index (χ0v) is 14.8. The van der Waals surface area contributed by atoms with Gasteiger partial charge in [-0.2, -0.15) is 0 Å². The van der Waals surface area contributed by atoms with Gasteiger partial charge < -0.3 is 9.30 Å². The minimum atomic E-state index is -0.431. The van der Waals surface area contributed by atoms with Gasteiger partial charge in [0, 0.05) is 17.9 Å². The van der Waals surface area contributed by atoms with Crippen LogP contribution in [0.3, 0.4) is 0 Å². The van der Waals surface area contributed by atoms with Gasteiger partial charge in [-0.05, 0) is 29.8 Å². The number of carbonyl (C=O) groups is 1. The highest BCUT2D eigenvalue weighted by atomic mass is 79.9. The van der Waals surface area contributed by atoms with Gasteiger partial charge in [0.15, 0.2) is 0 Å². The summed E-state index contributed by atoms with van der Waals surface area (Å²) in [6.45, 7) is 0. The molecule has 0 saturated carbocycles. The summed E-state index contributed by atoms with van der Waals surface area (Å²) in [5, 5.41) is 0. The van der Waals surface area contributed by atoms with Gasteiger partial charge in [0.05, 0.1) is 23.7 Å². The Morgan fingerprint density at radius 2 is 2.00 bits per heavy atom. The maximum absolute atomic E-state index is 12.6. The van der Waals surface area contributed by atoms with Crippen LogP contribution in [0.2, 0.25) is 0 Å². The molecule has 1 aromatic heterocycles. The monoisotopic (exact) mass is 386 g/mol. The third-order valence-electron chi connectivity index (χ3n) is 3.88. The van der Waals surface area contributed by atoms with Crippen LogP contribution in [-0.2, 0) is 18.2 Å². The molecule has 0 radical (unpaired) electrons. The lowest BCUT2D eigenvalue weighted by Crippen LogP contribution is -2.23. The SMILES string of the molecule is COC(=O)c1ccc2c(c1)nc(Cc1ccccc1Br)c(=O)n2C. The molecule has 3 rings (SSSR count). The summed E-state index contributed by atoms with van der Waals surface area (Å²) in [7, 11) is 3.03. The van der Waals surface area contributed by atoms with E-state index in [1.54, 1.807) is 29.8 Å². The average Bonchev–Trinajstić information content (AvgIpc) is 2.60. The third-order valence-corrected chi connectivity index (χ3v) is 4.65. The second-order valence-electron chi connectivity index (χ2n) is 5.39. The van der Waals surface area contributed by atoms with Crippen molar-refractivity contribution < 1.29 is 9.53 Å². The molecule has 0 bridgehead atoms. The molecule has 24 heavy (non-hydrogen) atoms. The standard InChI is InChI=1S/C18H15BrN2O3/c1-21-16-8-7-12(18(23)24-2)10-14(16)20-15(17(21)22)9-11-5-3-4-6-13(11)19/h3-8,10H,9H2,1-2H3. The van der Waals surface area contributed by atoms with Crippen LogP contribution in [0.1, 0.15) is 21.6 Å². The highest BCUT2D eigenvalue weighted by Gasteiger charge is 2.13. The van der Waals surface area contributed by atoms with E-state index in [1.807, 2.05) is 24.3 Å².